The van der Waals surface area contributed by atoms with Crippen molar-refractivity contribution in [3.8, 4) is 28.7 Å². The molecule has 36 heavy (non-hydrogen) atoms. The molecule has 1 unspecified atom stereocenters. The largest absolute Gasteiger partial charge is 0.507 e. The number of rotatable bonds is 8. The number of allylic oxidation sites excluding steroid dienone is 5. The van der Waals surface area contributed by atoms with Gasteiger partial charge in [0.05, 0.1) is 11.1 Å². The molecular formula is C30H34O6. The summed E-state index contributed by atoms with van der Waals surface area (Å²) < 4.78 is 6.36. The van der Waals surface area contributed by atoms with E-state index in [4.69, 9.17) is 4.74 Å². The van der Waals surface area contributed by atoms with Gasteiger partial charge in [0.25, 0.3) is 0 Å². The van der Waals surface area contributed by atoms with Gasteiger partial charge in [-0.3, -0.25) is 4.79 Å². The fourth-order valence-electron chi connectivity index (χ4n) is 3.96. The molecule has 1 atom stereocenters. The van der Waals surface area contributed by atoms with Gasteiger partial charge in [-0.15, -0.1) is 0 Å². The van der Waals surface area contributed by atoms with E-state index >= 15 is 0 Å². The number of carbonyl (C=O) groups excluding carboxylic acids is 1. The molecule has 3 rings (SSSR count). The number of aromatic hydroxyl groups is 4. The Labute approximate surface area is 212 Å². The van der Waals surface area contributed by atoms with Crippen LogP contribution in [0.1, 0.15) is 74.5 Å². The fourth-order valence-corrected chi connectivity index (χ4v) is 3.96. The number of benzene rings is 2. The Morgan fingerprint density at radius 3 is 2.31 bits per heavy atom. The summed E-state index contributed by atoms with van der Waals surface area (Å²) in [5.74, 6) is -1.08. The van der Waals surface area contributed by atoms with Gasteiger partial charge in [-0.1, -0.05) is 23.3 Å². The number of hydrogen-bond acceptors (Lipinski definition) is 6. The lowest BCUT2D eigenvalue weighted by Gasteiger charge is -2.33. The van der Waals surface area contributed by atoms with Crippen LogP contribution in [0.5, 0.6) is 28.7 Å². The molecule has 190 valence electrons. The van der Waals surface area contributed by atoms with E-state index < -0.39 is 17.1 Å². The molecule has 6 nitrogen and oxygen atoms in total. The summed E-state index contributed by atoms with van der Waals surface area (Å²) in [5, 5.41) is 41.5. The lowest BCUT2D eigenvalue weighted by atomic mass is 9.90. The Morgan fingerprint density at radius 1 is 0.972 bits per heavy atom. The Balaban J connectivity index is 2.08. The summed E-state index contributed by atoms with van der Waals surface area (Å²) in [5.41, 5.74) is 2.81. The summed E-state index contributed by atoms with van der Waals surface area (Å²) >= 11 is 0. The van der Waals surface area contributed by atoms with Gasteiger partial charge in [0.15, 0.2) is 17.3 Å². The molecule has 6 heteroatoms. The monoisotopic (exact) mass is 490 g/mol. The molecule has 2 aromatic carbocycles. The quantitative estimate of drug-likeness (QED) is 0.140. The van der Waals surface area contributed by atoms with Crippen molar-refractivity contribution in [3.63, 3.8) is 0 Å². The predicted molar refractivity (Wildman–Crippen MR) is 143 cm³/mol. The van der Waals surface area contributed by atoms with Crippen LogP contribution in [0.15, 0.2) is 53.6 Å². The molecule has 0 radical (unpaired) electrons. The zero-order valence-corrected chi connectivity index (χ0v) is 21.4. The summed E-state index contributed by atoms with van der Waals surface area (Å²) in [6.07, 6.45) is 12.3. The molecule has 0 aliphatic carbocycles. The second-order valence-corrected chi connectivity index (χ2v) is 9.79. The van der Waals surface area contributed by atoms with Gasteiger partial charge in [-0.2, -0.15) is 0 Å². The average Bonchev–Trinajstić information content (AvgIpc) is 2.79. The van der Waals surface area contributed by atoms with E-state index in [9.17, 15) is 25.2 Å². The molecule has 0 amide bonds. The van der Waals surface area contributed by atoms with E-state index in [-0.39, 0.29) is 28.4 Å². The van der Waals surface area contributed by atoms with Crippen molar-refractivity contribution in [2.75, 3.05) is 0 Å². The summed E-state index contributed by atoms with van der Waals surface area (Å²) in [7, 11) is 0. The number of fused-ring (bicyclic) bond motifs is 1. The first-order valence-corrected chi connectivity index (χ1v) is 11.9. The van der Waals surface area contributed by atoms with Gasteiger partial charge in [0.2, 0.25) is 0 Å². The highest BCUT2D eigenvalue weighted by atomic mass is 16.5. The molecule has 2 aromatic rings. The molecule has 0 saturated heterocycles. The summed E-state index contributed by atoms with van der Waals surface area (Å²) in [4.78, 5) is 12.8. The third-order valence-electron chi connectivity index (χ3n) is 6.08. The van der Waals surface area contributed by atoms with Crippen LogP contribution in [0, 0.1) is 0 Å². The molecule has 0 fully saturated rings. The normalized spacial score (nSPS) is 16.4. The standard InChI is InChI=1S/C30H34O6/c1-18(2)7-6-15-30(5)16-14-23-28(35)21(10-8-19(3)4)27(34)22(29(23)36-30)11-13-24(31)20-9-12-25(32)26(33)17-20/h7-9,11-14,16-17,32-35H,6,10,15H2,1-5H3. The maximum atomic E-state index is 12.8. The van der Waals surface area contributed by atoms with Crippen LogP contribution in [-0.2, 0) is 6.42 Å². The van der Waals surface area contributed by atoms with Crippen molar-refractivity contribution < 1.29 is 30.0 Å². The zero-order valence-electron chi connectivity index (χ0n) is 21.4. The predicted octanol–water partition coefficient (Wildman–Crippen LogP) is 6.82. The molecule has 1 aliphatic heterocycles. The van der Waals surface area contributed by atoms with Crippen LogP contribution in [0.2, 0.25) is 0 Å². The first kappa shape index (κ1) is 26.7. The van der Waals surface area contributed by atoms with E-state index in [1.54, 1.807) is 6.08 Å². The Bertz CT molecular complexity index is 1290. The topological polar surface area (TPSA) is 107 Å². The maximum absolute atomic E-state index is 12.8. The van der Waals surface area contributed by atoms with Gasteiger partial charge in [-0.05, 0) is 96.4 Å². The van der Waals surface area contributed by atoms with Crippen molar-refractivity contribution in [2.24, 2.45) is 0 Å². The van der Waals surface area contributed by atoms with Crippen LogP contribution in [0.3, 0.4) is 0 Å². The van der Waals surface area contributed by atoms with Crippen LogP contribution < -0.4 is 4.74 Å². The maximum Gasteiger partial charge on any atom is 0.185 e. The van der Waals surface area contributed by atoms with Crippen molar-refractivity contribution in [3.05, 3.63) is 75.9 Å². The van der Waals surface area contributed by atoms with E-state index in [1.807, 2.05) is 46.8 Å². The molecule has 4 N–H and O–H groups in total. The zero-order chi connectivity index (χ0) is 26.6. The van der Waals surface area contributed by atoms with Crippen LogP contribution in [0.25, 0.3) is 12.2 Å². The number of carbonyl (C=O) groups is 1. The van der Waals surface area contributed by atoms with Crippen LogP contribution in [0.4, 0.5) is 0 Å². The molecular weight excluding hydrogens is 456 g/mol. The molecule has 0 bridgehead atoms. The number of phenolic OH excluding ortho intramolecular Hbond substituents is 4. The first-order chi connectivity index (χ1) is 16.9. The second-order valence-electron chi connectivity index (χ2n) is 9.79. The Kier molecular flexibility index (Phi) is 7.98. The third-order valence-corrected chi connectivity index (χ3v) is 6.08. The highest BCUT2D eigenvalue weighted by molar-refractivity contribution is 6.07. The number of ketones is 1. The Morgan fingerprint density at radius 2 is 1.67 bits per heavy atom. The lowest BCUT2D eigenvalue weighted by molar-refractivity contribution is 0.104. The smallest absolute Gasteiger partial charge is 0.185 e. The minimum atomic E-state index is -0.672. The minimum Gasteiger partial charge on any atom is -0.507 e. The van der Waals surface area contributed by atoms with E-state index in [0.29, 0.717) is 29.7 Å². The molecule has 0 saturated carbocycles. The number of phenols is 4. The molecule has 0 aromatic heterocycles. The van der Waals surface area contributed by atoms with Crippen molar-refractivity contribution >= 4 is 17.9 Å². The molecule has 1 heterocycles. The van der Waals surface area contributed by atoms with Crippen LogP contribution in [-0.4, -0.2) is 31.8 Å². The van der Waals surface area contributed by atoms with Crippen LogP contribution >= 0.6 is 0 Å². The van der Waals surface area contributed by atoms with Gasteiger partial charge in [0, 0.05) is 11.1 Å². The summed E-state index contributed by atoms with van der Waals surface area (Å²) in [6, 6.07) is 3.81. The lowest BCUT2D eigenvalue weighted by Crippen LogP contribution is -2.32. The van der Waals surface area contributed by atoms with E-state index in [1.165, 1.54) is 35.9 Å². The van der Waals surface area contributed by atoms with E-state index in [0.717, 1.165) is 12.0 Å². The van der Waals surface area contributed by atoms with Crippen molar-refractivity contribution in [1.82, 2.24) is 0 Å². The molecule has 1 aliphatic rings. The third kappa shape index (κ3) is 6.00. The average molecular weight is 491 g/mol. The molecule has 0 spiro atoms. The second kappa shape index (κ2) is 10.8. The SMILES string of the molecule is CC(C)=CCCC1(C)C=Cc2c(O)c(CC=C(C)C)c(O)c(C=CC(=O)c3ccc(O)c(O)c3)c2O1. The summed E-state index contributed by atoms with van der Waals surface area (Å²) in [6.45, 7) is 9.87. The minimum absolute atomic E-state index is 0.0606. The van der Waals surface area contributed by atoms with Gasteiger partial charge >= 0.3 is 0 Å². The fraction of sp³-hybridized carbons (Fsp3) is 0.300. The van der Waals surface area contributed by atoms with Gasteiger partial charge in [-0.25, -0.2) is 0 Å². The highest BCUT2D eigenvalue weighted by Gasteiger charge is 2.32. The van der Waals surface area contributed by atoms with E-state index in [2.05, 4.69) is 6.08 Å². The highest BCUT2D eigenvalue weighted by Crippen LogP contribution is 2.48. The first-order valence-electron chi connectivity index (χ1n) is 11.9. The van der Waals surface area contributed by atoms with Gasteiger partial charge in [0.1, 0.15) is 22.8 Å². The number of hydrogen-bond donors (Lipinski definition) is 4. The van der Waals surface area contributed by atoms with Crippen molar-refractivity contribution in [1.29, 1.82) is 0 Å². The Hall–Kier alpha value is -3.93. The number of ether oxygens (including phenoxy) is 1. The van der Waals surface area contributed by atoms with Crippen molar-refractivity contribution in [2.45, 2.75) is 59.5 Å². The van der Waals surface area contributed by atoms with Gasteiger partial charge < -0.3 is 25.2 Å².